The van der Waals surface area contributed by atoms with Crippen LogP contribution in [0.3, 0.4) is 0 Å². The normalized spacial score (nSPS) is 27.3. The molecule has 2 fully saturated rings. The van der Waals surface area contributed by atoms with E-state index >= 15 is 0 Å². The highest BCUT2D eigenvalue weighted by Gasteiger charge is 2.71. The van der Waals surface area contributed by atoms with Crippen molar-refractivity contribution in [2.45, 2.75) is 47.0 Å². The second kappa shape index (κ2) is 7.59. The number of anilines is 1. The summed E-state index contributed by atoms with van der Waals surface area (Å²) in [5, 5.41) is 7.41. The van der Waals surface area contributed by atoms with Gasteiger partial charge in [-0.1, -0.05) is 59.6 Å². The number of rotatable bonds is 4. The molecular formula is C25H27BrN2O3. The van der Waals surface area contributed by atoms with Crippen molar-refractivity contribution in [3.8, 4) is 0 Å². The molecule has 0 radical (unpaired) electrons. The molecule has 2 aromatic rings. The van der Waals surface area contributed by atoms with Crippen LogP contribution in [0.1, 0.15) is 56.0 Å². The summed E-state index contributed by atoms with van der Waals surface area (Å²) < 4.78 is 0.888. The lowest BCUT2D eigenvalue weighted by atomic mass is 9.64. The van der Waals surface area contributed by atoms with Gasteiger partial charge in [-0.2, -0.15) is 0 Å². The Labute approximate surface area is 191 Å². The van der Waals surface area contributed by atoms with Crippen molar-refractivity contribution in [1.29, 1.82) is 0 Å². The Morgan fingerprint density at radius 1 is 1.00 bits per heavy atom. The molecule has 2 unspecified atom stereocenters. The van der Waals surface area contributed by atoms with E-state index in [9.17, 15) is 9.59 Å². The summed E-state index contributed by atoms with van der Waals surface area (Å²) in [6, 6.07) is 14.8. The third kappa shape index (κ3) is 3.41. The Morgan fingerprint density at radius 3 is 2.29 bits per heavy atom. The van der Waals surface area contributed by atoms with E-state index in [1.807, 2.05) is 31.2 Å². The molecule has 5 nitrogen and oxygen atoms in total. The molecule has 6 heteroatoms. The summed E-state index contributed by atoms with van der Waals surface area (Å²) >= 11 is 3.36. The molecule has 2 aliphatic rings. The average Bonchev–Trinajstić information content (AvgIpc) is 3.05. The highest BCUT2D eigenvalue weighted by atomic mass is 79.9. The van der Waals surface area contributed by atoms with E-state index in [0.29, 0.717) is 12.0 Å². The molecule has 2 bridgehead atoms. The lowest BCUT2D eigenvalue weighted by Crippen LogP contribution is -2.43. The molecule has 2 saturated carbocycles. The predicted octanol–water partition coefficient (Wildman–Crippen LogP) is 6.13. The summed E-state index contributed by atoms with van der Waals surface area (Å²) in [6.45, 7) is 8.42. The van der Waals surface area contributed by atoms with Gasteiger partial charge in [0.15, 0.2) is 0 Å². The van der Waals surface area contributed by atoms with Gasteiger partial charge in [0.2, 0.25) is 5.91 Å². The molecule has 0 aliphatic heterocycles. The number of hydrogen-bond acceptors (Lipinski definition) is 4. The predicted molar refractivity (Wildman–Crippen MR) is 125 cm³/mol. The monoisotopic (exact) mass is 482 g/mol. The number of aryl methyl sites for hydroxylation is 1. The van der Waals surface area contributed by atoms with Crippen molar-refractivity contribution in [2.75, 3.05) is 5.32 Å². The SMILES string of the molecule is Cc1ccc(NC(=O)C23CCC(C)(/C(=N/OC(=O)c4ccc(Br)cc4)C2)C3(C)C)cc1. The molecular weight excluding hydrogens is 456 g/mol. The number of fused-ring (bicyclic) bond motifs is 2. The van der Waals surface area contributed by atoms with Gasteiger partial charge in [-0.05, 0) is 61.6 Å². The van der Waals surface area contributed by atoms with Crippen LogP contribution in [0.25, 0.3) is 0 Å². The van der Waals surface area contributed by atoms with Gasteiger partial charge in [0, 0.05) is 22.0 Å². The number of carbonyl (C=O) groups is 2. The molecule has 0 aromatic heterocycles. The highest BCUT2D eigenvalue weighted by Crippen LogP contribution is 2.71. The zero-order valence-corrected chi connectivity index (χ0v) is 19.9. The first-order valence-corrected chi connectivity index (χ1v) is 11.3. The van der Waals surface area contributed by atoms with Crippen LogP contribution in [0, 0.1) is 23.2 Å². The standard InChI is InChI=1S/C25H27BrN2O3/c1-16-5-11-19(12-6-16)27-22(30)25-14-13-24(4,23(25,2)3)20(15-25)28-31-21(29)17-7-9-18(26)10-8-17/h5-12H,13-15H2,1-4H3,(H,27,30)/b28-20+. The van der Waals surface area contributed by atoms with Crippen LogP contribution in [-0.4, -0.2) is 17.6 Å². The van der Waals surface area contributed by atoms with Gasteiger partial charge in [0.05, 0.1) is 16.7 Å². The minimum absolute atomic E-state index is 0.00881. The van der Waals surface area contributed by atoms with E-state index in [1.165, 1.54) is 0 Å². The molecule has 0 saturated heterocycles. The summed E-state index contributed by atoms with van der Waals surface area (Å²) in [5.74, 6) is -0.489. The Bertz CT molecular complexity index is 1060. The number of nitrogens with one attached hydrogen (secondary N) is 1. The van der Waals surface area contributed by atoms with E-state index in [1.54, 1.807) is 24.3 Å². The first-order valence-electron chi connectivity index (χ1n) is 10.5. The van der Waals surface area contributed by atoms with Gasteiger partial charge >= 0.3 is 5.97 Å². The number of carbonyl (C=O) groups excluding carboxylic acids is 2. The molecule has 2 atom stereocenters. The lowest BCUT2D eigenvalue weighted by molar-refractivity contribution is -0.130. The number of halogens is 1. The molecule has 1 N–H and O–H groups in total. The van der Waals surface area contributed by atoms with Crippen LogP contribution < -0.4 is 5.32 Å². The second-order valence-corrected chi connectivity index (χ2v) is 10.4. The molecule has 4 rings (SSSR count). The topological polar surface area (TPSA) is 67.8 Å². The number of benzene rings is 2. The highest BCUT2D eigenvalue weighted by molar-refractivity contribution is 9.10. The molecule has 0 spiro atoms. The summed E-state index contributed by atoms with van der Waals surface area (Å²) in [6.07, 6.45) is 2.10. The van der Waals surface area contributed by atoms with E-state index in [0.717, 1.165) is 34.3 Å². The van der Waals surface area contributed by atoms with Crippen molar-refractivity contribution in [2.24, 2.45) is 21.4 Å². The van der Waals surface area contributed by atoms with Crippen molar-refractivity contribution in [3.05, 3.63) is 64.1 Å². The Morgan fingerprint density at radius 2 is 1.65 bits per heavy atom. The minimum atomic E-state index is -0.588. The van der Waals surface area contributed by atoms with Crippen LogP contribution in [-0.2, 0) is 9.63 Å². The number of amides is 1. The summed E-state index contributed by atoms with van der Waals surface area (Å²) in [5.41, 5.74) is 1.94. The van der Waals surface area contributed by atoms with Gasteiger partial charge in [-0.3, -0.25) is 4.79 Å². The van der Waals surface area contributed by atoms with Crippen molar-refractivity contribution >= 4 is 39.2 Å². The molecule has 162 valence electrons. The Hall–Kier alpha value is -2.47. The van der Waals surface area contributed by atoms with Gasteiger partial charge in [-0.25, -0.2) is 4.79 Å². The third-order valence-corrected chi connectivity index (χ3v) is 8.33. The number of nitrogens with zero attached hydrogens (tertiary/aromatic N) is 1. The summed E-state index contributed by atoms with van der Waals surface area (Å²) in [7, 11) is 0. The fourth-order valence-electron chi connectivity index (χ4n) is 5.15. The number of oxime groups is 1. The molecule has 2 aromatic carbocycles. The lowest BCUT2D eigenvalue weighted by Gasteiger charge is -2.39. The Balaban J connectivity index is 1.57. The quantitative estimate of drug-likeness (QED) is 0.421. The maximum Gasteiger partial charge on any atom is 0.365 e. The van der Waals surface area contributed by atoms with Gasteiger partial charge < -0.3 is 10.2 Å². The van der Waals surface area contributed by atoms with Crippen LogP contribution in [0.4, 0.5) is 5.69 Å². The van der Waals surface area contributed by atoms with Crippen molar-refractivity contribution in [1.82, 2.24) is 0 Å². The van der Waals surface area contributed by atoms with Gasteiger partial charge in [0.1, 0.15) is 0 Å². The average molecular weight is 483 g/mol. The first-order chi connectivity index (χ1) is 14.6. The minimum Gasteiger partial charge on any atom is -0.326 e. The Kier molecular flexibility index (Phi) is 5.32. The van der Waals surface area contributed by atoms with Gasteiger partial charge in [0.25, 0.3) is 0 Å². The van der Waals surface area contributed by atoms with Crippen molar-refractivity contribution in [3.63, 3.8) is 0 Å². The van der Waals surface area contributed by atoms with Crippen LogP contribution >= 0.6 is 15.9 Å². The fourth-order valence-corrected chi connectivity index (χ4v) is 5.41. The molecule has 1 amide bonds. The van der Waals surface area contributed by atoms with Crippen LogP contribution in [0.2, 0.25) is 0 Å². The van der Waals surface area contributed by atoms with E-state index < -0.39 is 11.4 Å². The largest absolute Gasteiger partial charge is 0.365 e. The zero-order valence-electron chi connectivity index (χ0n) is 18.3. The molecule has 0 heterocycles. The first kappa shape index (κ1) is 21.8. The third-order valence-electron chi connectivity index (χ3n) is 7.80. The van der Waals surface area contributed by atoms with E-state index in [-0.39, 0.29) is 16.7 Å². The van der Waals surface area contributed by atoms with Gasteiger partial charge in [-0.15, -0.1) is 0 Å². The second-order valence-electron chi connectivity index (χ2n) is 9.46. The van der Waals surface area contributed by atoms with Crippen LogP contribution in [0.15, 0.2) is 58.2 Å². The van der Waals surface area contributed by atoms with E-state index in [4.69, 9.17) is 4.84 Å². The summed E-state index contributed by atoms with van der Waals surface area (Å²) in [4.78, 5) is 31.3. The fraction of sp³-hybridized carbons (Fsp3) is 0.400. The smallest absolute Gasteiger partial charge is 0.326 e. The maximum absolute atomic E-state index is 13.5. The maximum atomic E-state index is 13.5. The van der Waals surface area contributed by atoms with Crippen molar-refractivity contribution < 1.29 is 14.4 Å². The number of hydrogen-bond donors (Lipinski definition) is 1. The zero-order chi connectivity index (χ0) is 22.4. The molecule has 2 aliphatic carbocycles. The van der Waals surface area contributed by atoms with E-state index in [2.05, 4.69) is 47.2 Å². The van der Waals surface area contributed by atoms with Crippen LogP contribution in [0.5, 0.6) is 0 Å². The molecule has 31 heavy (non-hydrogen) atoms.